The van der Waals surface area contributed by atoms with E-state index in [1.165, 1.54) is 14.9 Å². The van der Waals surface area contributed by atoms with E-state index in [1.54, 1.807) is 55.4 Å². The molecule has 1 fully saturated rings. The first-order chi connectivity index (χ1) is 19.8. The van der Waals surface area contributed by atoms with Gasteiger partial charge in [-0.05, 0) is 73.4 Å². The van der Waals surface area contributed by atoms with Gasteiger partial charge in [-0.1, -0.05) is 6.92 Å². The molecule has 1 saturated heterocycles. The number of hydrogen-bond acceptors (Lipinski definition) is 7. The van der Waals surface area contributed by atoms with Gasteiger partial charge in [0.15, 0.2) is 0 Å². The normalized spacial score (nSPS) is 19.2. The van der Waals surface area contributed by atoms with Gasteiger partial charge in [0, 0.05) is 43.0 Å². The maximum absolute atomic E-state index is 14.5. The fraction of sp³-hybridized carbons (Fsp3) is 0.667. The number of amides is 3. The van der Waals surface area contributed by atoms with Crippen LogP contribution in [-0.4, -0.2) is 76.7 Å². The first-order valence-electron chi connectivity index (χ1n) is 14.6. The second kappa shape index (κ2) is 13.1. The number of hydroxylamine groups is 2. The van der Waals surface area contributed by atoms with Crippen LogP contribution in [0.5, 0.6) is 0 Å². The third kappa shape index (κ3) is 8.03. The van der Waals surface area contributed by atoms with Gasteiger partial charge in [-0.3, -0.25) is 14.4 Å². The Balaban J connectivity index is 2.04. The van der Waals surface area contributed by atoms with Crippen LogP contribution in [0.3, 0.4) is 0 Å². The second-order valence-corrected chi connectivity index (χ2v) is 14.4. The molecule has 1 aromatic carbocycles. The Hall–Kier alpha value is -2.80. The van der Waals surface area contributed by atoms with Crippen molar-refractivity contribution in [2.45, 2.75) is 103 Å². The van der Waals surface area contributed by atoms with Gasteiger partial charge in [-0.25, -0.2) is 4.79 Å². The molecule has 1 unspecified atom stereocenters. The maximum atomic E-state index is 14.5. The van der Waals surface area contributed by atoms with Crippen molar-refractivity contribution in [2.24, 2.45) is 5.41 Å². The van der Waals surface area contributed by atoms with Gasteiger partial charge in [0.05, 0.1) is 33.5 Å². The first kappa shape index (κ1) is 34.7. The summed E-state index contributed by atoms with van der Waals surface area (Å²) < 4.78 is 42.5. The number of anilines is 1. The molecule has 43 heavy (non-hydrogen) atoms. The van der Waals surface area contributed by atoms with E-state index in [9.17, 15) is 32.3 Å². The number of thioether (sulfide) groups is 1. The van der Waals surface area contributed by atoms with Crippen LogP contribution >= 0.6 is 11.8 Å². The molecule has 0 saturated carbocycles. The number of nitrogens with zero attached hydrogens (tertiary/aromatic N) is 3. The lowest BCUT2D eigenvalue weighted by Crippen LogP contribution is -2.53. The molecule has 1 N–H and O–H groups in total. The van der Waals surface area contributed by atoms with Gasteiger partial charge in [-0.15, -0.1) is 16.8 Å². The molecule has 0 aliphatic carbocycles. The Morgan fingerprint density at radius 2 is 1.84 bits per heavy atom. The number of nitrogens with one attached hydrogen (secondary N) is 1. The summed E-state index contributed by atoms with van der Waals surface area (Å²) in [7, 11) is 0. The van der Waals surface area contributed by atoms with Crippen molar-refractivity contribution in [3.05, 3.63) is 23.3 Å². The molecule has 0 bridgehead atoms. The third-order valence-electron chi connectivity index (χ3n) is 7.40. The van der Waals surface area contributed by atoms with Crippen LogP contribution in [0.1, 0.15) is 90.6 Å². The number of benzene rings is 1. The summed E-state index contributed by atoms with van der Waals surface area (Å²) in [4.78, 5) is 60.4. The van der Waals surface area contributed by atoms with Gasteiger partial charge < -0.3 is 20.0 Å². The van der Waals surface area contributed by atoms with Crippen molar-refractivity contribution in [1.82, 2.24) is 15.3 Å². The van der Waals surface area contributed by atoms with Crippen LogP contribution in [0.25, 0.3) is 0 Å². The molecule has 3 amide bonds. The van der Waals surface area contributed by atoms with Crippen LogP contribution in [0.2, 0.25) is 0 Å². The van der Waals surface area contributed by atoms with Gasteiger partial charge in [-0.2, -0.15) is 13.2 Å². The van der Waals surface area contributed by atoms with E-state index in [1.807, 2.05) is 0 Å². The highest BCUT2D eigenvalue weighted by Crippen LogP contribution is 2.48. The van der Waals surface area contributed by atoms with E-state index in [-0.39, 0.29) is 48.5 Å². The van der Waals surface area contributed by atoms with E-state index < -0.39 is 51.4 Å². The van der Waals surface area contributed by atoms with Crippen LogP contribution in [0, 0.1) is 5.41 Å². The number of rotatable bonds is 8. The highest BCUT2D eigenvalue weighted by molar-refractivity contribution is 8.01. The topological polar surface area (TPSA) is 99.3 Å². The number of alkyl halides is 3. The molecule has 1 aromatic rings. The highest BCUT2D eigenvalue weighted by atomic mass is 32.2. The van der Waals surface area contributed by atoms with Crippen LogP contribution in [0.4, 0.5) is 18.9 Å². The lowest BCUT2D eigenvalue weighted by Gasteiger charge is -2.42. The summed E-state index contributed by atoms with van der Waals surface area (Å²) in [5.41, 5.74) is -2.19. The molecule has 0 radical (unpaired) electrons. The van der Waals surface area contributed by atoms with E-state index in [2.05, 4.69) is 5.32 Å². The Kier molecular flexibility index (Phi) is 10.5. The molecule has 2 heterocycles. The number of halogens is 3. The number of fused-ring (bicyclic) bond motifs is 1. The van der Waals surface area contributed by atoms with Crippen LogP contribution < -0.4 is 10.2 Å². The Bertz CT molecular complexity index is 1250. The fourth-order valence-corrected chi connectivity index (χ4v) is 6.32. The number of carbonyl (C=O) groups excluding carboxylic acids is 4. The zero-order chi connectivity index (χ0) is 32.5. The fourth-order valence-electron chi connectivity index (χ4n) is 5.13. The molecule has 0 aromatic heterocycles. The Labute approximate surface area is 255 Å². The summed E-state index contributed by atoms with van der Waals surface area (Å²) in [5.74, 6) is -1.81. The van der Waals surface area contributed by atoms with Gasteiger partial charge in [0.25, 0.3) is 5.91 Å². The van der Waals surface area contributed by atoms with Crippen molar-refractivity contribution in [1.29, 1.82) is 0 Å². The van der Waals surface area contributed by atoms with Gasteiger partial charge >= 0.3 is 12.1 Å². The van der Waals surface area contributed by atoms with Crippen molar-refractivity contribution in [2.75, 3.05) is 31.1 Å². The first-order valence-corrected chi connectivity index (χ1v) is 15.4. The van der Waals surface area contributed by atoms with Crippen molar-refractivity contribution >= 4 is 41.1 Å². The van der Waals surface area contributed by atoms with Crippen molar-refractivity contribution in [3.8, 4) is 0 Å². The monoisotopic (exact) mass is 628 g/mol. The molecule has 9 nitrogen and oxygen atoms in total. The maximum Gasteiger partial charge on any atom is 0.417 e. The third-order valence-corrected chi connectivity index (χ3v) is 8.63. The largest absolute Gasteiger partial charge is 0.417 e. The molecule has 3 rings (SSSR count). The second-order valence-electron chi connectivity index (χ2n) is 12.8. The quantitative estimate of drug-likeness (QED) is 0.419. The molecule has 13 heteroatoms. The number of carbonyl (C=O) groups is 4. The van der Waals surface area contributed by atoms with Gasteiger partial charge in [0.2, 0.25) is 11.8 Å². The van der Waals surface area contributed by atoms with E-state index in [0.717, 1.165) is 23.9 Å². The summed E-state index contributed by atoms with van der Waals surface area (Å²) in [6.07, 6.45) is -3.49. The Morgan fingerprint density at radius 1 is 1.19 bits per heavy atom. The summed E-state index contributed by atoms with van der Waals surface area (Å²) in [6, 6.07) is 1.14. The highest BCUT2D eigenvalue weighted by Gasteiger charge is 2.45. The van der Waals surface area contributed by atoms with E-state index in [0.29, 0.717) is 19.4 Å². The van der Waals surface area contributed by atoms with E-state index >= 15 is 0 Å². The van der Waals surface area contributed by atoms with Crippen LogP contribution in [0.15, 0.2) is 17.0 Å². The average Bonchev–Trinajstić information content (AvgIpc) is 2.89. The minimum absolute atomic E-state index is 0.0329. The standard InChI is InChI=1S/C30H43F3N4O5S/c1-9-24(38)34-12-14-36-22-15-20(21(30(31,32)33)16-23(22)43-29(7,8)26(36)40)25(39)37(18(2)3)19-11-10-13-35(17-19)42-27(41)28(4,5)6/h15-16,18-19H,9-14,17H2,1-8H3,(H,34,38). The molecule has 0 spiro atoms. The Morgan fingerprint density at radius 3 is 2.40 bits per heavy atom. The predicted molar refractivity (Wildman–Crippen MR) is 158 cm³/mol. The zero-order valence-electron chi connectivity index (χ0n) is 26.2. The number of hydrogen-bond donors (Lipinski definition) is 1. The molecular formula is C30H43F3N4O5S. The van der Waals surface area contributed by atoms with Gasteiger partial charge in [0.1, 0.15) is 0 Å². The molecular weight excluding hydrogens is 585 g/mol. The molecule has 240 valence electrons. The smallest absolute Gasteiger partial charge is 0.367 e. The minimum Gasteiger partial charge on any atom is -0.367 e. The molecule has 1 atom stereocenters. The minimum atomic E-state index is -4.84. The van der Waals surface area contributed by atoms with Crippen LogP contribution in [-0.2, 0) is 25.4 Å². The number of piperidine rings is 1. The van der Waals surface area contributed by atoms with Crippen molar-refractivity contribution in [3.63, 3.8) is 0 Å². The average molecular weight is 629 g/mol. The summed E-state index contributed by atoms with van der Waals surface area (Å²) in [6.45, 7) is 14.3. The SMILES string of the molecule is CCC(=O)NCCN1C(=O)C(C)(C)Sc2cc(C(F)(F)F)c(C(=O)N(C(C)C)C3CCCN(OC(=O)C(C)(C)C)C3)cc21. The van der Waals surface area contributed by atoms with E-state index in [4.69, 9.17) is 4.84 Å². The lowest BCUT2D eigenvalue weighted by molar-refractivity contribution is -0.208. The predicted octanol–water partition coefficient (Wildman–Crippen LogP) is 5.27. The lowest BCUT2D eigenvalue weighted by atomic mass is 9.97. The summed E-state index contributed by atoms with van der Waals surface area (Å²) >= 11 is 1.01. The molecule has 2 aliphatic rings. The molecule has 2 aliphatic heterocycles. The zero-order valence-corrected chi connectivity index (χ0v) is 27.0. The summed E-state index contributed by atoms with van der Waals surface area (Å²) in [5, 5.41) is 4.18. The van der Waals surface area contributed by atoms with Crippen molar-refractivity contribution < 1.29 is 37.2 Å².